The Balaban J connectivity index is 1.61. The van der Waals surface area contributed by atoms with Crippen LogP contribution in [0.5, 0.6) is 0 Å². The molecule has 156 valence electrons. The number of hydrogen-bond donors (Lipinski definition) is 2. The van der Waals surface area contributed by atoms with Crippen LogP contribution in [0.1, 0.15) is 36.8 Å². The summed E-state index contributed by atoms with van der Waals surface area (Å²) in [6, 6.07) is 14.8. The maximum absolute atomic E-state index is 12.6. The first kappa shape index (κ1) is 21.9. The number of benzene rings is 2. The second-order valence-corrected chi connectivity index (χ2v) is 10.5. The van der Waals surface area contributed by atoms with Crippen molar-refractivity contribution in [2.24, 2.45) is 0 Å². The van der Waals surface area contributed by atoms with E-state index < -0.39 is 20.0 Å². The number of nitrogens with zero attached hydrogens (tertiary/aromatic N) is 2. The maximum Gasteiger partial charge on any atom is 0.240 e. The normalized spacial score (nSPS) is 19.5. The first-order valence-electron chi connectivity index (χ1n) is 9.28. The summed E-state index contributed by atoms with van der Waals surface area (Å²) in [5, 5.41) is 17.9. The Bertz CT molecular complexity index is 1120. The van der Waals surface area contributed by atoms with Crippen LogP contribution in [-0.2, 0) is 20.0 Å². The number of rotatable bonds is 6. The van der Waals surface area contributed by atoms with Crippen molar-refractivity contribution in [3.63, 3.8) is 0 Å². The van der Waals surface area contributed by atoms with Gasteiger partial charge in [-0.05, 0) is 62.1 Å². The minimum atomic E-state index is -3.77. The molecule has 0 atom stereocenters. The Hall–Kier alpha value is -2.76. The molecule has 1 saturated carbocycles. The van der Waals surface area contributed by atoms with E-state index >= 15 is 0 Å². The fourth-order valence-corrected chi connectivity index (χ4v) is 6.07. The van der Waals surface area contributed by atoms with Crippen LogP contribution in [-0.4, -0.2) is 28.9 Å². The van der Waals surface area contributed by atoms with Crippen LogP contribution in [0.2, 0.25) is 0 Å². The summed E-state index contributed by atoms with van der Waals surface area (Å²) in [6.45, 7) is 0. The summed E-state index contributed by atoms with van der Waals surface area (Å²) in [5.74, 6) is 0. The van der Waals surface area contributed by atoms with Gasteiger partial charge in [-0.3, -0.25) is 0 Å². The molecule has 8 nitrogen and oxygen atoms in total. The molecule has 0 spiro atoms. The molecule has 0 aromatic heterocycles. The van der Waals surface area contributed by atoms with Crippen molar-refractivity contribution in [2.45, 2.75) is 47.6 Å². The zero-order valence-electron chi connectivity index (χ0n) is 15.9. The summed E-state index contributed by atoms with van der Waals surface area (Å²) in [6.07, 6.45) is 1.90. The van der Waals surface area contributed by atoms with E-state index in [4.69, 9.17) is 10.5 Å². The Kier molecular flexibility index (Phi) is 6.54. The Morgan fingerprint density at radius 2 is 1.07 bits per heavy atom. The largest absolute Gasteiger partial charge is 0.240 e. The van der Waals surface area contributed by atoms with Crippen LogP contribution in [0.4, 0.5) is 0 Å². The molecular formula is C20H20N4O4S2. The van der Waals surface area contributed by atoms with E-state index in [0.29, 0.717) is 25.7 Å². The Morgan fingerprint density at radius 1 is 0.700 bits per heavy atom. The summed E-state index contributed by atoms with van der Waals surface area (Å²) in [4.78, 5) is 0.0588. The monoisotopic (exact) mass is 444 g/mol. The van der Waals surface area contributed by atoms with E-state index in [-0.39, 0.29) is 33.0 Å². The Labute approximate surface area is 176 Å². The number of nitrogens with one attached hydrogen (secondary N) is 2. The summed E-state index contributed by atoms with van der Waals surface area (Å²) >= 11 is 0. The third kappa shape index (κ3) is 5.23. The van der Waals surface area contributed by atoms with Gasteiger partial charge >= 0.3 is 0 Å². The standard InChI is InChI=1S/C20H20N4O4S2/c21-13-15-3-1-5-19(11-15)29(25,26)23-17-7-9-18(10-8-17)24-30(27,28)20-6-2-4-16(12-20)14-22/h1-6,11-12,17-18,23-24H,7-10H2. The number of hydrogen-bond acceptors (Lipinski definition) is 6. The average Bonchev–Trinajstić information content (AvgIpc) is 2.75. The van der Waals surface area contributed by atoms with Gasteiger partial charge in [-0.15, -0.1) is 0 Å². The number of nitriles is 2. The first-order valence-corrected chi connectivity index (χ1v) is 12.2. The minimum absolute atomic E-state index is 0.0294. The van der Waals surface area contributed by atoms with Crippen molar-refractivity contribution >= 4 is 20.0 Å². The van der Waals surface area contributed by atoms with Crippen molar-refractivity contribution in [1.29, 1.82) is 10.5 Å². The lowest BCUT2D eigenvalue weighted by atomic mass is 9.92. The molecule has 0 bridgehead atoms. The lowest BCUT2D eigenvalue weighted by molar-refractivity contribution is 0.356. The molecule has 0 heterocycles. The van der Waals surface area contributed by atoms with Gasteiger partial charge in [0, 0.05) is 12.1 Å². The minimum Gasteiger partial charge on any atom is -0.208 e. The van der Waals surface area contributed by atoms with Crippen LogP contribution in [0.15, 0.2) is 58.3 Å². The van der Waals surface area contributed by atoms with Crippen molar-refractivity contribution in [3.05, 3.63) is 59.7 Å². The third-order valence-corrected chi connectivity index (χ3v) is 7.95. The average molecular weight is 445 g/mol. The van der Waals surface area contributed by atoms with Gasteiger partial charge < -0.3 is 0 Å². The van der Waals surface area contributed by atoms with Crippen molar-refractivity contribution in [2.75, 3.05) is 0 Å². The van der Waals surface area contributed by atoms with Gasteiger partial charge in [0.05, 0.1) is 33.1 Å². The fraction of sp³-hybridized carbons (Fsp3) is 0.300. The van der Waals surface area contributed by atoms with E-state index in [0.717, 1.165) is 0 Å². The van der Waals surface area contributed by atoms with Gasteiger partial charge in [0.1, 0.15) is 0 Å². The highest BCUT2D eigenvalue weighted by Crippen LogP contribution is 2.23. The third-order valence-electron chi connectivity index (χ3n) is 4.92. The van der Waals surface area contributed by atoms with Crippen molar-refractivity contribution in [3.8, 4) is 12.1 Å². The molecule has 0 aliphatic heterocycles. The second kappa shape index (κ2) is 8.94. The van der Waals surface area contributed by atoms with Gasteiger partial charge in [-0.2, -0.15) is 10.5 Å². The molecule has 2 aromatic carbocycles. The molecule has 10 heteroatoms. The molecule has 1 aliphatic rings. The van der Waals surface area contributed by atoms with Crippen molar-refractivity contribution < 1.29 is 16.8 Å². The van der Waals surface area contributed by atoms with Crippen LogP contribution in [0, 0.1) is 22.7 Å². The molecule has 2 N–H and O–H groups in total. The number of sulfonamides is 2. The van der Waals surface area contributed by atoms with Crippen LogP contribution >= 0.6 is 0 Å². The highest BCUT2D eigenvalue weighted by Gasteiger charge is 2.28. The molecule has 2 aromatic rings. The second-order valence-electron chi connectivity index (χ2n) is 7.07. The van der Waals surface area contributed by atoms with E-state index in [1.54, 1.807) is 0 Å². The molecule has 0 saturated heterocycles. The van der Waals surface area contributed by atoms with Gasteiger partial charge in [0.15, 0.2) is 0 Å². The molecule has 0 amide bonds. The summed E-state index contributed by atoms with van der Waals surface area (Å²) < 4.78 is 55.5. The van der Waals surface area contributed by atoms with Gasteiger partial charge in [-0.1, -0.05) is 12.1 Å². The van der Waals surface area contributed by atoms with Gasteiger partial charge in [-0.25, -0.2) is 26.3 Å². The van der Waals surface area contributed by atoms with E-state index in [1.165, 1.54) is 48.5 Å². The molecule has 3 rings (SSSR count). The molecule has 30 heavy (non-hydrogen) atoms. The Morgan fingerprint density at radius 3 is 1.40 bits per heavy atom. The summed E-state index contributed by atoms with van der Waals surface area (Å²) in [7, 11) is -7.53. The predicted molar refractivity (Wildman–Crippen MR) is 109 cm³/mol. The molecule has 0 unspecified atom stereocenters. The topological polar surface area (TPSA) is 140 Å². The predicted octanol–water partition coefficient (Wildman–Crippen LogP) is 2.00. The molecule has 1 fully saturated rings. The highest BCUT2D eigenvalue weighted by molar-refractivity contribution is 7.89. The van der Waals surface area contributed by atoms with Crippen molar-refractivity contribution in [1.82, 2.24) is 9.44 Å². The van der Waals surface area contributed by atoms with Gasteiger partial charge in [0.25, 0.3) is 0 Å². The zero-order valence-corrected chi connectivity index (χ0v) is 17.6. The maximum atomic E-state index is 12.6. The van der Waals surface area contributed by atoms with Gasteiger partial charge in [0.2, 0.25) is 20.0 Å². The van der Waals surface area contributed by atoms with E-state index in [1.807, 2.05) is 12.1 Å². The summed E-state index contributed by atoms with van der Waals surface area (Å²) in [5.41, 5.74) is 0.521. The lowest BCUT2D eigenvalue weighted by Crippen LogP contribution is -2.43. The molecule has 1 aliphatic carbocycles. The quantitative estimate of drug-likeness (QED) is 0.698. The highest BCUT2D eigenvalue weighted by atomic mass is 32.2. The fourth-order valence-electron chi connectivity index (χ4n) is 3.37. The SMILES string of the molecule is N#Cc1cccc(S(=O)(=O)NC2CCC(NS(=O)(=O)c3cccc(C#N)c3)CC2)c1. The van der Waals surface area contributed by atoms with Crippen LogP contribution < -0.4 is 9.44 Å². The lowest BCUT2D eigenvalue weighted by Gasteiger charge is -2.29. The first-order chi connectivity index (χ1) is 14.2. The molecule has 0 radical (unpaired) electrons. The van der Waals surface area contributed by atoms with E-state index in [9.17, 15) is 16.8 Å². The smallest absolute Gasteiger partial charge is 0.208 e. The molecular weight excluding hydrogens is 424 g/mol. The van der Waals surface area contributed by atoms with Crippen LogP contribution in [0.25, 0.3) is 0 Å². The zero-order chi connectivity index (χ0) is 21.8. The van der Waals surface area contributed by atoms with Crippen LogP contribution in [0.3, 0.4) is 0 Å². The van der Waals surface area contributed by atoms with E-state index in [2.05, 4.69) is 9.44 Å².